The molecule has 0 aliphatic carbocycles. The van der Waals surface area contributed by atoms with Crippen LogP contribution in [0.1, 0.15) is 12.8 Å². The van der Waals surface area contributed by atoms with Gasteiger partial charge in [0, 0.05) is 26.2 Å². The van der Waals surface area contributed by atoms with Crippen molar-refractivity contribution >= 4 is 11.6 Å². The molecule has 1 aliphatic heterocycles. The first-order valence-corrected chi connectivity index (χ1v) is 6.23. The van der Waals surface area contributed by atoms with Crippen molar-refractivity contribution < 1.29 is 0 Å². The summed E-state index contributed by atoms with van der Waals surface area (Å²) in [6, 6.07) is 2.01. The van der Waals surface area contributed by atoms with Crippen LogP contribution in [-0.2, 0) is 0 Å². The molecule has 2 heterocycles. The largest absolute Gasteiger partial charge is 0.373 e. The van der Waals surface area contributed by atoms with E-state index in [-0.39, 0.29) is 0 Å². The molecule has 1 aromatic rings. The van der Waals surface area contributed by atoms with Gasteiger partial charge >= 0.3 is 0 Å². The van der Waals surface area contributed by atoms with E-state index in [1.807, 2.05) is 20.2 Å². The molecule has 2 rings (SSSR count). The van der Waals surface area contributed by atoms with Gasteiger partial charge in [-0.1, -0.05) is 0 Å². The third-order valence-corrected chi connectivity index (χ3v) is 3.34. The van der Waals surface area contributed by atoms with E-state index in [9.17, 15) is 0 Å². The minimum atomic E-state index is 0.807. The molecule has 5 nitrogen and oxygen atoms in total. The van der Waals surface area contributed by atoms with E-state index in [0.717, 1.165) is 37.2 Å². The van der Waals surface area contributed by atoms with Gasteiger partial charge in [-0.25, -0.2) is 9.97 Å². The summed E-state index contributed by atoms with van der Waals surface area (Å²) in [5.41, 5.74) is 0. The number of aromatic nitrogens is 2. The van der Waals surface area contributed by atoms with Crippen LogP contribution in [0.25, 0.3) is 0 Å². The minimum Gasteiger partial charge on any atom is -0.373 e. The average Bonchev–Trinajstić information content (AvgIpc) is 2.40. The molecule has 94 valence electrons. The van der Waals surface area contributed by atoms with Crippen molar-refractivity contribution in [2.24, 2.45) is 5.92 Å². The number of hydrogen-bond acceptors (Lipinski definition) is 5. The number of nitrogens with one attached hydrogen (secondary N) is 2. The van der Waals surface area contributed by atoms with E-state index >= 15 is 0 Å². The number of nitrogens with zero attached hydrogens (tertiary/aromatic N) is 3. The topological polar surface area (TPSA) is 53.1 Å². The Balaban J connectivity index is 1.95. The fourth-order valence-corrected chi connectivity index (χ4v) is 2.31. The minimum absolute atomic E-state index is 0.807. The van der Waals surface area contributed by atoms with Crippen molar-refractivity contribution in [2.75, 3.05) is 43.9 Å². The maximum atomic E-state index is 4.34. The van der Waals surface area contributed by atoms with Crippen LogP contribution in [-0.4, -0.2) is 43.7 Å². The van der Waals surface area contributed by atoms with E-state index < -0.39 is 0 Å². The highest BCUT2D eigenvalue weighted by molar-refractivity contribution is 5.48. The lowest BCUT2D eigenvalue weighted by Crippen LogP contribution is -2.37. The molecule has 0 aromatic carbocycles. The van der Waals surface area contributed by atoms with Crippen LogP contribution in [0.5, 0.6) is 0 Å². The van der Waals surface area contributed by atoms with Crippen molar-refractivity contribution in [3.05, 3.63) is 12.4 Å². The van der Waals surface area contributed by atoms with Crippen LogP contribution in [0.3, 0.4) is 0 Å². The zero-order valence-corrected chi connectivity index (χ0v) is 10.6. The molecule has 0 bridgehead atoms. The van der Waals surface area contributed by atoms with Gasteiger partial charge in [0.1, 0.15) is 18.0 Å². The summed E-state index contributed by atoms with van der Waals surface area (Å²) in [6.07, 6.45) is 4.10. The van der Waals surface area contributed by atoms with Crippen molar-refractivity contribution in [2.45, 2.75) is 12.8 Å². The number of anilines is 2. The molecule has 2 N–H and O–H groups in total. The van der Waals surface area contributed by atoms with Crippen LogP contribution in [0.15, 0.2) is 12.4 Å². The third-order valence-electron chi connectivity index (χ3n) is 3.34. The van der Waals surface area contributed by atoms with Crippen molar-refractivity contribution in [3.63, 3.8) is 0 Å². The standard InChI is InChI=1S/C12H21N5/c1-13-8-10-3-5-17(6-4-10)12-7-11(14-2)15-9-16-12/h7,9-10,13H,3-6,8H2,1-2H3,(H,14,15,16). The molecule has 17 heavy (non-hydrogen) atoms. The summed E-state index contributed by atoms with van der Waals surface area (Å²) in [4.78, 5) is 10.8. The SMILES string of the molecule is CNCC1CCN(c2cc(NC)ncn2)CC1. The van der Waals surface area contributed by atoms with Crippen LogP contribution >= 0.6 is 0 Å². The fourth-order valence-electron chi connectivity index (χ4n) is 2.31. The predicted molar refractivity (Wildman–Crippen MR) is 70.4 cm³/mol. The van der Waals surface area contributed by atoms with Crippen molar-refractivity contribution in [1.29, 1.82) is 0 Å². The Hall–Kier alpha value is -1.36. The summed E-state index contributed by atoms with van der Waals surface area (Å²) in [5, 5.41) is 6.30. The van der Waals surface area contributed by atoms with Crippen molar-refractivity contribution in [1.82, 2.24) is 15.3 Å². The lowest BCUT2D eigenvalue weighted by atomic mass is 9.97. The Bertz CT molecular complexity index is 347. The summed E-state index contributed by atoms with van der Waals surface area (Å²) in [7, 11) is 3.90. The molecule has 5 heteroatoms. The molecule has 0 radical (unpaired) electrons. The van der Waals surface area contributed by atoms with E-state index in [2.05, 4.69) is 25.5 Å². The quantitative estimate of drug-likeness (QED) is 0.814. The van der Waals surface area contributed by atoms with Gasteiger partial charge in [0.15, 0.2) is 0 Å². The van der Waals surface area contributed by atoms with Crippen LogP contribution in [0.2, 0.25) is 0 Å². The summed E-state index contributed by atoms with van der Waals surface area (Å²) >= 11 is 0. The maximum absolute atomic E-state index is 4.34. The monoisotopic (exact) mass is 235 g/mol. The summed E-state index contributed by atoms with van der Waals surface area (Å²) in [5.74, 6) is 2.72. The van der Waals surface area contributed by atoms with Crippen LogP contribution < -0.4 is 15.5 Å². The summed E-state index contributed by atoms with van der Waals surface area (Å²) < 4.78 is 0. The van der Waals surface area contributed by atoms with E-state index in [1.165, 1.54) is 12.8 Å². The number of rotatable bonds is 4. The van der Waals surface area contributed by atoms with Crippen LogP contribution in [0.4, 0.5) is 11.6 Å². The second-order valence-electron chi connectivity index (χ2n) is 4.50. The number of hydrogen-bond donors (Lipinski definition) is 2. The van der Waals surface area contributed by atoms with Gasteiger partial charge in [0.2, 0.25) is 0 Å². The molecule has 0 unspecified atom stereocenters. The molecule has 1 fully saturated rings. The van der Waals surface area contributed by atoms with E-state index in [4.69, 9.17) is 0 Å². The summed E-state index contributed by atoms with van der Waals surface area (Å²) in [6.45, 7) is 3.30. The Morgan fingerprint density at radius 1 is 1.29 bits per heavy atom. The van der Waals surface area contributed by atoms with E-state index in [1.54, 1.807) is 6.33 Å². The van der Waals surface area contributed by atoms with Crippen molar-refractivity contribution in [3.8, 4) is 0 Å². The first-order valence-electron chi connectivity index (χ1n) is 6.23. The molecule has 1 aliphatic rings. The third kappa shape index (κ3) is 3.06. The molecule has 1 saturated heterocycles. The molecule has 0 spiro atoms. The second kappa shape index (κ2) is 5.82. The first-order chi connectivity index (χ1) is 8.33. The molecule has 0 saturated carbocycles. The van der Waals surface area contributed by atoms with Gasteiger partial charge in [-0.05, 0) is 32.4 Å². The van der Waals surface area contributed by atoms with Gasteiger partial charge in [-0.2, -0.15) is 0 Å². The van der Waals surface area contributed by atoms with Gasteiger partial charge in [-0.3, -0.25) is 0 Å². The van der Waals surface area contributed by atoms with E-state index in [0.29, 0.717) is 0 Å². The Labute approximate surface area is 103 Å². The zero-order valence-electron chi connectivity index (χ0n) is 10.6. The molecule has 0 amide bonds. The van der Waals surface area contributed by atoms with Gasteiger partial charge in [0.25, 0.3) is 0 Å². The highest BCUT2D eigenvalue weighted by Gasteiger charge is 2.19. The Morgan fingerprint density at radius 2 is 2.06 bits per heavy atom. The number of piperidine rings is 1. The zero-order chi connectivity index (χ0) is 12.1. The molecular weight excluding hydrogens is 214 g/mol. The lowest BCUT2D eigenvalue weighted by molar-refractivity contribution is 0.392. The van der Waals surface area contributed by atoms with Gasteiger partial charge in [-0.15, -0.1) is 0 Å². The Kier molecular flexibility index (Phi) is 4.14. The average molecular weight is 235 g/mol. The predicted octanol–water partition coefficient (Wildman–Crippen LogP) is 0.954. The highest BCUT2D eigenvalue weighted by atomic mass is 15.2. The maximum Gasteiger partial charge on any atom is 0.134 e. The molecular formula is C12H21N5. The molecule has 0 atom stereocenters. The highest BCUT2D eigenvalue weighted by Crippen LogP contribution is 2.22. The molecule has 1 aromatic heterocycles. The second-order valence-corrected chi connectivity index (χ2v) is 4.50. The normalized spacial score (nSPS) is 17.2. The van der Waals surface area contributed by atoms with Gasteiger partial charge < -0.3 is 15.5 Å². The lowest BCUT2D eigenvalue weighted by Gasteiger charge is -2.32. The fraction of sp³-hybridized carbons (Fsp3) is 0.667. The van der Waals surface area contributed by atoms with Gasteiger partial charge in [0.05, 0.1) is 0 Å². The first kappa shape index (κ1) is 12.1. The Morgan fingerprint density at radius 3 is 2.71 bits per heavy atom. The van der Waals surface area contributed by atoms with Crippen LogP contribution in [0, 0.1) is 5.92 Å². The smallest absolute Gasteiger partial charge is 0.134 e.